The van der Waals surface area contributed by atoms with Crippen molar-refractivity contribution in [2.45, 2.75) is 44.1 Å². The highest BCUT2D eigenvalue weighted by molar-refractivity contribution is 7.80. The molecule has 1 aromatic rings. The Labute approximate surface area is 125 Å². The minimum atomic E-state index is 0.288. The molecule has 0 atom stereocenters. The van der Waals surface area contributed by atoms with Crippen molar-refractivity contribution in [2.24, 2.45) is 23.5 Å². The van der Waals surface area contributed by atoms with Gasteiger partial charge in [-0.05, 0) is 68.4 Å². The van der Waals surface area contributed by atoms with E-state index in [0.717, 1.165) is 29.1 Å². The Balaban J connectivity index is 1.59. The van der Waals surface area contributed by atoms with E-state index in [0.29, 0.717) is 4.99 Å². The van der Waals surface area contributed by atoms with Gasteiger partial charge in [0.1, 0.15) is 10.8 Å². The minimum absolute atomic E-state index is 0.288. The lowest BCUT2D eigenvalue weighted by Crippen LogP contribution is -2.54. The van der Waals surface area contributed by atoms with E-state index in [2.05, 4.69) is 10.3 Å². The molecule has 0 radical (unpaired) electrons. The van der Waals surface area contributed by atoms with Gasteiger partial charge in [0.25, 0.3) is 0 Å². The molecule has 4 aliphatic carbocycles. The summed E-state index contributed by atoms with van der Waals surface area (Å²) < 4.78 is 0. The molecule has 3 nitrogen and oxygen atoms in total. The van der Waals surface area contributed by atoms with Gasteiger partial charge in [-0.2, -0.15) is 0 Å². The molecule has 0 amide bonds. The summed E-state index contributed by atoms with van der Waals surface area (Å²) in [5, 5.41) is 3.76. The van der Waals surface area contributed by atoms with Crippen molar-refractivity contribution >= 4 is 23.0 Å². The van der Waals surface area contributed by atoms with E-state index in [9.17, 15) is 0 Å². The molecule has 0 aromatic carbocycles. The van der Waals surface area contributed by atoms with Gasteiger partial charge in [-0.15, -0.1) is 0 Å². The Kier molecular flexibility index (Phi) is 2.78. The number of nitrogens with two attached hydrogens (primary N) is 1. The van der Waals surface area contributed by atoms with Crippen LogP contribution in [-0.4, -0.2) is 15.5 Å². The van der Waals surface area contributed by atoms with Crippen molar-refractivity contribution in [3.8, 4) is 0 Å². The summed E-state index contributed by atoms with van der Waals surface area (Å²) in [5.41, 5.74) is 6.91. The number of anilines is 1. The van der Waals surface area contributed by atoms with E-state index < -0.39 is 0 Å². The first-order valence-electron chi connectivity index (χ1n) is 7.66. The first kappa shape index (κ1) is 12.6. The van der Waals surface area contributed by atoms with E-state index in [1.54, 1.807) is 6.20 Å². The standard InChI is InChI=1S/C16H21N3S/c17-15(20)13-1-2-18-14(6-13)19-16-7-10-3-11(8-16)5-12(4-10)9-16/h1-2,6,10-12H,3-5,7-9H2,(H2,17,20)(H,18,19). The SMILES string of the molecule is NC(=S)c1ccnc(NC23CC4CC(CC(C4)C2)C3)c1. The molecule has 4 aliphatic rings. The van der Waals surface area contributed by atoms with Crippen molar-refractivity contribution < 1.29 is 0 Å². The number of rotatable bonds is 3. The second kappa shape index (κ2) is 4.42. The van der Waals surface area contributed by atoms with Crippen LogP contribution in [0, 0.1) is 17.8 Å². The molecule has 3 N–H and O–H groups in total. The number of nitrogens with zero attached hydrogens (tertiary/aromatic N) is 1. The zero-order valence-electron chi connectivity index (χ0n) is 11.6. The van der Waals surface area contributed by atoms with Crippen molar-refractivity contribution in [3.63, 3.8) is 0 Å². The minimum Gasteiger partial charge on any atom is -0.389 e. The van der Waals surface area contributed by atoms with Crippen molar-refractivity contribution in [1.82, 2.24) is 4.98 Å². The second-order valence-corrected chi connectivity index (χ2v) is 7.56. The predicted octanol–water partition coefficient (Wildman–Crippen LogP) is 3.10. The molecule has 106 valence electrons. The molecule has 0 saturated heterocycles. The van der Waals surface area contributed by atoms with Crippen LogP contribution >= 0.6 is 12.2 Å². The van der Waals surface area contributed by atoms with Crippen LogP contribution in [0.3, 0.4) is 0 Å². The third kappa shape index (κ3) is 2.10. The first-order chi connectivity index (χ1) is 9.62. The molecule has 0 unspecified atom stereocenters. The Morgan fingerprint density at radius 3 is 2.35 bits per heavy atom. The summed E-state index contributed by atoms with van der Waals surface area (Å²) in [6.07, 6.45) is 10.1. The molecular weight excluding hydrogens is 266 g/mol. The smallest absolute Gasteiger partial charge is 0.127 e. The highest BCUT2D eigenvalue weighted by Gasteiger charge is 2.51. The average molecular weight is 287 g/mol. The van der Waals surface area contributed by atoms with E-state index in [1.165, 1.54) is 38.5 Å². The van der Waals surface area contributed by atoms with E-state index in [4.69, 9.17) is 18.0 Å². The molecule has 0 aliphatic heterocycles. The summed E-state index contributed by atoms with van der Waals surface area (Å²) in [5.74, 6) is 3.75. The lowest BCUT2D eigenvalue weighted by Gasteiger charge is -2.57. The van der Waals surface area contributed by atoms with Gasteiger partial charge in [0.05, 0.1) is 0 Å². The Morgan fingerprint density at radius 2 is 1.80 bits per heavy atom. The van der Waals surface area contributed by atoms with Gasteiger partial charge >= 0.3 is 0 Å². The maximum absolute atomic E-state index is 5.72. The van der Waals surface area contributed by atoms with Crippen LogP contribution < -0.4 is 11.1 Å². The van der Waals surface area contributed by atoms with Gasteiger partial charge in [-0.1, -0.05) is 12.2 Å². The largest absolute Gasteiger partial charge is 0.389 e. The topological polar surface area (TPSA) is 50.9 Å². The maximum atomic E-state index is 5.72. The molecule has 20 heavy (non-hydrogen) atoms. The summed E-state index contributed by atoms with van der Waals surface area (Å²) in [6.45, 7) is 0. The lowest BCUT2D eigenvalue weighted by atomic mass is 9.53. The molecule has 1 heterocycles. The molecule has 5 rings (SSSR count). The highest BCUT2D eigenvalue weighted by Crippen LogP contribution is 2.56. The zero-order valence-corrected chi connectivity index (χ0v) is 12.5. The quantitative estimate of drug-likeness (QED) is 0.839. The zero-order chi connectivity index (χ0) is 13.7. The van der Waals surface area contributed by atoms with E-state index >= 15 is 0 Å². The van der Waals surface area contributed by atoms with Gasteiger partial charge < -0.3 is 11.1 Å². The fourth-order valence-corrected chi connectivity index (χ4v) is 5.31. The molecule has 4 heteroatoms. The van der Waals surface area contributed by atoms with Crippen LogP contribution in [0.1, 0.15) is 44.1 Å². The van der Waals surface area contributed by atoms with E-state index in [-0.39, 0.29) is 5.54 Å². The van der Waals surface area contributed by atoms with Crippen LogP contribution in [0.5, 0.6) is 0 Å². The number of pyridine rings is 1. The van der Waals surface area contributed by atoms with Gasteiger partial charge in [-0.25, -0.2) is 4.98 Å². The predicted molar refractivity (Wildman–Crippen MR) is 84.7 cm³/mol. The fraction of sp³-hybridized carbons (Fsp3) is 0.625. The maximum Gasteiger partial charge on any atom is 0.127 e. The number of thiocarbonyl (C=S) groups is 1. The first-order valence-corrected chi connectivity index (χ1v) is 8.07. The number of hydrogen-bond acceptors (Lipinski definition) is 3. The molecule has 4 saturated carbocycles. The molecule has 4 fully saturated rings. The normalized spacial score (nSPS) is 37.9. The number of aromatic nitrogens is 1. The summed E-state index contributed by atoms with van der Waals surface area (Å²) >= 11 is 5.06. The monoisotopic (exact) mass is 287 g/mol. The molecule has 4 bridgehead atoms. The Morgan fingerprint density at radius 1 is 1.20 bits per heavy atom. The summed E-state index contributed by atoms with van der Waals surface area (Å²) in [6, 6.07) is 3.88. The fourth-order valence-electron chi connectivity index (χ4n) is 5.19. The molecular formula is C16H21N3S. The van der Waals surface area contributed by atoms with Crippen LogP contribution in [0.4, 0.5) is 5.82 Å². The van der Waals surface area contributed by atoms with Gasteiger partial charge in [-0.3, -0.25) is 0 Å². The van der Waals surface area contributed by atoms with Gasteiger partial charge in [0.2, 0.25) is 0 Å². The molecule has 1 aromatic heterocycles. The van der Waals surface area contributed by atoms with Crippen LogP contribution in [0.15, 0.2) is 18.3 Å². The third-order valence-corrected chi connectivity index (χ3v) is 5.71. The van der Waals surface area contributed by atoms with Crippen LogP contribution in [0.25, 0.3) is 0 Å². The lowest BCUT2D eigenvalue weighted by molar-refractivity contribution is 0.0105. The summed E-state index contributed by atoms with van der Waals surface area (Å²) in [4.78, 5) is 4.92. The summed E-state index contributed by atoms with van der Waals surface area (Å²) in [7, 11) is 0. The van der Waals surface area contributed by atoms with Crippen molar-refractivity contribution in [1.29, 1.82) is 0 Å². The van der Waals surface area contributed by atoms with Gasteiger partial charge in [0, 0.05) is 17.3 Å². The second-order valence-electron chi connectivity index (χ2n) is 7.12. The Bertz CT molecular complexity index is 519. The van der Waals surface area contributed by atoms with Crippen LogP contribution in [-0.2, 0) is 0 Å². The highest BCUT2D eigenvalue weighted by atomic mass is 32.1. The average Bonchev–Trinajstić information content (AvgIpc) is 2.36. The number of nitrogens with one attached hydrogen (secondary N) is 1. The molecule has 0 spiro atoms. The number of hydrogen-bond donors (Lipinski definition) is 2. The van der Waals surface area contributed by atoms with E-state index in [1.807, 2.05) is 12.1 Å². The van der Waals surface area contributed by atoms with Crippen LogP contribution in [0.2, 0.25) is 0 Å². The third-order valence-electron chi connectivity index (χ3n) is 5.48. The Hall–Kier alpha value is -1.16. The van der Waals surface area contributed by atoms with Crippen molar-refractivity contribution in [2.75, 3.05) is 5.32 Å². The van der Waals surface area contributed by atoms with Crippen molar-refractivity contribution in [3.05, 3.63) is 23.9 Å². The van der Waals surface area contributed by atoms with Gasteiger partial charge in [0.15, 0.2) is 0 Å².